The number of methoxy groups -OCH3 is 1. The van der Waals surface area contributed by atoms with Crippen LogP contribution in [0.1, 0.15) is 13.3 Å². The lowest BCUT2D eigenvalue weighted by molar-refractivity contribution is 0.0694. The Labute approximate surface area is 127 Å². The minimum atomic E-state index is 0.620. The predicted molar refractivity (Wildman–Crippen MR) is 83.3 cm³/mol. The zero-order valence-corrected chi connectivity index (χ0v) is 13.1. The summed E-state index contributed by atoms with van der Waals surface area (Å²) in [5, 5.41) is 3.32. The van der Waals surface area contributed by atoms with Crippen LogP contribution < -0.4 is 14.8 Å². The quantitative estimate of drug-likeness (QED) is 0.565. The smallest absolute Gasteiger partial charge is 0.161 e. The molecule has 1 rings (SSSR count). The number of nitrogens with one attached hydrogen (secondary N) is 1. The number of benzene rings is 1. The van der Waals surface area contributed by atoms with Crippen molar-refractivity contribution in [1.82, 2.24) is 5.32 Å². The molecule has 0 aliphatic heterocycles. The first-order valence-corrected chi connectivity index (χ1v) is 7.50. The molecule has 120 valence electrons. The lowest BCUT2D eigenvalue weighted by atomic mass is 10.3. The minimum Gasteiger partial charge on any atom is -0.490 e. The molecule has 0 saturated heterocycles. The highest BCUT2D eigenvalue weighted by molar-refractivity contribution is 5.39. The first-order chi connectivity index (χ1) is 10.4. The number of para-hydroxylation sites is 2. The molecule has 0 aliphatic rings. The van der Waals surface area contributed by atoms with Crippen molar-refractivity contribution in [2.75, 3.05) is 53.2 Å². The Morgan fingerprint density at radius 2 is 1.67 bits per heavy atom. The second-order valence-corrected chi connectivity index (χ2v) is 4.44. The molecule has 0 spiro atoms. The van der Waals surface area contributed by atoms with E-state index in [1.165, 1.54) is 0 Å². The average molecular weight is 297 g/mol. The van der Waals surface area contributed by atoms with E-state index >= 15 is 0 Å². The van der Waals surface area contributed by atoms with E-state index in [1.54, 1.807) is 7.11 Å². The molecule has 0 aliphatic carbocycles. The van der Waals surface area contributed by atoms with Crippen molar-refractivity contribution >= 4 is 0 Å². The van der Waals surface area contributed by atoms with Gasteiger partial charge >= 0.3 is 0 Å². The van der Waals surface area contributed by atoms with Gasteiger partial charge in [0.25, 0.3) is 0 Å². The van der Waals surface area contributed by atoms with E-state index in [0.29, 0.717) is 26.4 Å². The molecule has 1 aromatic rings. The fourth-order valence-electron chi connectivity index (χ4n) is 1.75. The van der Waals surface area contributed by atoms with Crippen LogP contribution >= 0.6 is 0 Å². The van der Waals surface area contributed by atoms with Crippen molar-refractivity contribution in [2.24, 2.45) is 0 Å². The second-order valence-electron chi connectivity index (χ2n) is 4.44. The zero-order valence-electron chi connectivity index (χ0n) is 13.1. The van der Waals surface area contributed by atoms with Crippen molar-refractivity contribution in [2.45, 2.75) is 13.3 Å². The highest BCUT2D eigenvalue weighted by Crippen LogP contribution is 2.25. The molecule has 0 aromatic heterocycles. The van der Waals surface area contributed by atoms with Gasteiger partial charge in [0.15, 0.2) is 11.5 Å². The van der Waals surface area contributed by atoms with E-state index in [0.717, 1.165) is 37.6 Å². The summed E-state index contributed by atoms with van der Waals surface area (Å²) < 4.78 is 21.5. The second kappa shape index (κ2) is 12.4. The summed E-state index contributed by atoms with van der Waals surface area (Å²) in [4.78, 5) is 0. The number of ether oxygens (including phenoxy) is 4. The third kappa shape index (κ3) is 8.55. The van der Waals surface area contributed by atoms with Crippen molar-refractivity contribution < 1.29 is 18.9 Å². The molecule has 0 bridgehead atoms. The monoisotopic (exact) mass is 297 g/mol. The summed E-state index contributed by atoms with van der Waals surface area (Å²) in [6.07, 6.45) is 0.985. The Hall–Kier alpha value is -1.30. The van der Waals surface area contributed by atoms with Gasteiger partial charge in [-0.2, -0.15) is 0 Å². The van der Waals surface area contributed by atoms with Gasteiger partial charge in [0.2, 0.25) is 0 Å². The predicted octanol–water partition coefficient (Wildman–Crippen LogP) is 2.11. The van der Waals surface area contributed by atoms with E-state index in [-0.39, 0.29) is 0 Å². The van der Waals surface area contributed by atoms with Gasteiger partial charge < -0.3 is 24.3 Å². The highest BCUT2D eigenvalue weighted by atomic mass is 16.5. The highest BCUT2D eigenvalue weighted by Gasteiger charge is 2.02. The number of rotatable bonds is 13. The van der Waals surface area contributed by atoms with Crippen molar-refractivity contribution in [1.29, 1.82) is 0 Å². The summed E-state index contributed by atoms with van der Waals surface area (Å²) in [6, 6.07) is 7.74. The van der Waals surface area contributed by atoms with Crippen molar-refractivity contribution in [3.63, 3.8) is 0 Å². The van der Waals surface area contributed by atoms with Gasteiger partial charge in [-0.3, -0.25) is 0 Å². The van der Waals surface area contributed by atoms with E-state index < -0.39 is 0 Å². The lowest BCUT2D eigenvalue weighted by Crippen LogP contribution is -2.23. The van der Waals surface area contributed by atoms with Crippen LogP contribution in [0, 0.1) is 0 Å². The maximum Gasteiger partial charge on any atom is 0.161 e. The number of hydrogen-bond donors (Lipinski definition) is 1. The van der Waals surface area contributed by atoms with Crippen LogP contribution in [0.5, 0.6) is 11.5 Å². The fraction of sp³-hybridized carbons (Fsp3) is 0.625. The molecule has 0 unspecified atom stereocenters. The van der Waals surface area contributed by atoms with Crippen LogP contribution in [0.2, 0.25) is 0 Å². The van der Waals surface area contributed by atoms with E-state index in [1.807, 2.05) is 31.2 Å². The van der Waals surface area contributed by atoms with Crippen molar-refractivity contribution in [3.05, 3.63) is 24.3 Å². The molecule has 21 heavy (non-hydrogen) atoms. The molecule has 0 atom stereocenters. The zero-order chi connectivity index (χ0) is 15.2. The summed E-state index contributed by atoms with van der Waals surface area (Å²) in [6.45, 7) is 7.02. The van der Waals surface area contributed by atoms with E-state index in [2.05, 4.69) is 5.32 Å². The first kappa shape index (κ1) is 17.8. The Morgan fingerprint density at radius 1 is 0.905 bits per heavy atom. The third-order valence-corrected chi connectivity index (χ3v) is 2.76. The molecule has 0 fully saturated rings. The van der Waals surface area contributed by atoms with Gasteiger partial charge in [0, 0.05) is 20.3 Å². The van der Waals surface area contributed by atoms with Crippen molar-refractivity contribution in [3.8, 4) is 11.5 Å². The molecule has 0 saturated carbocycles. The molecular weight excluding hydrogens is 270 g/mol. The molecule has 0 amide bonds. The third-order valence-electron chi connectivity index (χ3n) is 2.76. The molecule has 1 aromatic carbocycles. The van der Waals surface area contributed by atoms with Gasteiger partial charge in [0.05, 0.1) is 19.8 Å². The van der Waals surface area contributed by atoms with Crippen LogP contribution in [0.3, 0.4) is 0 Å². The Morgan fingerprint density at radius 3 is 2.38 bits per heavy atom. The Bertz CT molecular complexity index is 360. The molecule has 1 N–H and O–H groups in total. The molecular formula is C16H27NO4. The van der Waals surface area contributed by atoms with Gasteiger partial charge in [0.1, 0.15) is 6.61 Å². The van der Waals surface area contributed by atoms with Gasteiger partial charge in [-0.1, -0.05) is 12.1 Å². The Kier molecular flexibility index (Phi) is 10.5. The first-order valence-electron chi connectivity index (χ1n) is 7.50. The molecule has 5 heteroatoms. The van der Waals surface area contributed by atoms with E-state index in [9.17, 15) is 0 Å². The topological polar surface area (TPSA) is 49.0 Å². The maximum atomic E-state index is 5.71. The van der Waals surface area contributed by atoms with Gasteiger partial charge in [-0.15, -0.1) is 0 Å². The largest absolute Gasteiger partial charge is 0.490 e. The SMILES string of the molecule is CCOc1ccccc1OCCNCCCOCCOC. The van der Waals surface area contributed by atoms with Gasteiger partial charge in [-0.25, -0.2) is 0 Å². The van der Waals surface area contributed by atoms with Crippen LogP contribution in [0.25, 0.3) is 0 Å². The Balaban J connectivity index is 2.01. The van der Waals surface area contributed by atoms with E-state index in [4.69, 9.17) is 18.9 Å². The van der Waals surface area contributed by atoms with Crippen LogP contribution in [-0.2, 0) is 9.47 Å². The van der Waals surface area contributed by atoms with Crippen LogP contribution in [0.15, 0.2) is 24.3 Å². The maximum absolute atomic E-state index is 5.71. The lowest BCUT2D eigenvalue weighted by Gasteiger charge is -2.12. The summed E-state index contributed by atoms with van der Waals surface area (Å²) in [5.41, 5.74) is 0. The summed E-state index contributed by atoms with van der Waals surface area (Å²) in [5.74, 6) is 1.59. The minimum absolute atomic E-state index is 0.620. The fourth-order valence-corrected chi connectivity index (χ4v) is 1.75. The normalized spacial score (nSPS) is 10.6. The van der Waals surface area contributed by atoms with Gasteiger partial charge in [-0.05, 0) is 32.0 Å². The average Bonchev–Trinajstić information content (AvgIpc) is 2.51. The number of hydrogen-bond acceptors (Lipinski definition) is 5. The molecule has 0 heterocycles. The van der Waals surface area contributed by atoms with Crippen LogP contribution in [0.4, 0.5) is 0 Å². The summed E-state index contributed by atoms with van der Waals surface area (Å²) in [7, 11) is 1.68. The van der Waals surface area contributed by atoms with Crippen LogP contribution in [-0.4, -0.2) is 53.2 Å². The standard InChI is InChI=1S/C16H27NO4/c1-3-20-15-7-4-5-8-16(15)21-12-10-17-9-6-11-19-14-13-18-2/h4-5,7-8,17H,3,6,9-14H2,1-2H3. The molecule has 5 nitrogen and oxygen atoms in total. The summed E-state index contributed by atoms with van der Waals surface area (Å²) >= 11 is 0. The molecule has 0 radical (unpaired) electrons.